The highest BCUT2D eigenvalue weighted by atomic mass is 32.2. The van der Waals surface area contributed by atoms with Gasteiger partial charge in [-0.15, -0.1) is 23.5 Å². The summed E-state index contributed by atoms with van der Waals surface area (Å²) >= 11 is 3.40. The number of hydrogen-bond acceptors (Lipinski definition) is 4. The highest BCUT2D eigenvalue weighted by Crippen LogP contribution is 2.22. The number of urea groups is 1. The summed E-state index contributed by atoms with van der Waals surface area (Å²) in [6.07, 6.45) is 1.79. The Morgan fingerprint density at radius 2 is 1.78 bits per heavy atom. The fourth-order valence-corrected chi connectivity index (χ4v) is 3.95. The van der Waals surface area contributed by atoms with E-state index in [1.165, 1.54) is 4.90 Å². The zero-order valence-electron chi connectivity index (χ0n) is 14.8. The maximum Gasteiger partial charge on any atom is 0.319 e. The second-order valence-electron chi connectivity index (χ2n) is 5.70. The molecule has 1 heterocycles. The van der Waals surface area contributed by atoms with Crippen molar-refractivity contribution < 1.29 is 4.79 Å². The highest BCUT2D eigenvalue weighted by molar-refractivity contribution is 7.99. The number of benzene rings is 2. The van der Waals surface area contributed by atoms with Gasteiger partial charge in [0.05, 0.1) is 5.03 Å². The lowest BCUT2D eigenvalue weighted by atomic mass is 10.2. The molecule has 3 aromatic rings. The van der Waals surface area contributed by atoms with Gasteiger partial charge in [-0.3, -0.25) is 0 Å². The van der Waals surface area contributed by atoms with Gasteiger partial charge in [-0.05, 0) is 42.0 Å². The van der Waals surface area contributed by atoms with Gasteiger partial charge in [0.15, 0.2) is 0 Å². The van der Waals surface area contributed by atoms with Gasteiger partial charge >= 0.3 is 6.03 Å². The third kappa shape index (κ3) is 7.00. The molecular weight excluding hydrogens is 374 g/mol. The molecule has 0 spiro atoms. The summed E-state index contributed by atoms with van der Waals surface area (Å²) in [6.45, 7) is 0.612. The molecule has 138 valence electrons. The summed E-state index contributed by atoms with van der Waals surface area (Å²) in [6, 6.07) is 23.8. The van der Waals surface area contributed by atoms with Crippen LogP contribution in [0, 0.1) is 0 Å². The van der Waals surface area contributed by atoms with Gasteiger partial charge in [-0.25, -0.2) is 9.78 Å². The van der Waals surface area contributed by atoms with Gasteiger partial charge in [0.1, 0.15) is 0 Å². The minimum absolute atomic E-state index is 0.182. The van der Waals surface area contributed by atoms with Crippen molar-refractivity contribution in [3.8, 4) is 0 Å². The highest BCUT2D eigenvalue weighted by Gasteiger charge is 2.03. The zero-order valence-corrected chi connectivity index (χ0v) is 16.4. The van der Waals surface area contributed by atoms with Crippen molar-refractivity contribution in [2.24, 2.45) is 0 Å². The first kappa shape index (κ1) is 19.3. The van der Waals surface area contributed by atoms with E-state index in [1.54, 1.807) is 29.7 Å². The molecule has 0 saturated heterocycles. The monoisotopic (exact) mass is 395 g/mol. The molecule has 2 aromatic carbocycles. The van der Waals surface area contributed by atoms with Crippen molar-refractivity contribution in [1.29, 1.82) is 0 Å². The minimum Gasteiger partial charge on any atom is -0.337 e. The summed E-state index contributed by atoms with van der Waals surface area (Å²) in [4.78, 5) is 17.6. The molecule has 0 aliphatic carbocycles. The lowest BCUT2D eigenvalue weighted by Gasteiger charge is -2.09. The number of nitrogens with zero attached hydrogens (tertiary/aromatic N) is 1. The number of rotatable bonds is 8. The van der Waals surface area contributed by atoms with Crippen molar-refractivity contribution in [1.82, 2.24) is 10.3 Å². The Kier molecular flexibility index (Phi) is 7.62. The quantitative estimate of drug-likeness (QED) is 0.402. The second-order valence-corrected chi connectivity index (χ2v) is 7.86. The van der Waals surface area contributed by atoms with Gasteiger partial charge in [0.25, 0.3) is 0 Å². The molecule has 0 aliphatic rings. The number of hydrogen-bond donors (Lipinski definition) is 2. The zero-order chi connectivity index (χ0) is 18.7. The Labute approximate surface area is 168 Å². The molecular formula is C21H21N3OS2. The summed E-state index contributed by atoms with van der Waals surface area (Å²) < 4.78 is 0. The van der Waals surface area contributed by atoms with Crippen LogP contribution in [0.15, 0.2) is 88.9 Å². The molecule has 0 unspecified atom stereocenters. The smallest absolute Gasteiger partial charge is 0.319 e. The van der Waals surface area contributed by atoms with Gasteiger partial charge in [-0.1, -0.05) is 36.4 Å². The topological polar surface area (TPSA) is 54.0 Å². The number of anilines is 1. The molecule has 3 rings (SSSR count). The molecule has 4 nitrogen and oxygen atoms in total. The van der Waals surface area contributed by atoms with Crippen molar-refractivity contribution in [2.45, 2.75) is 15.7 Å². The number of amides is 2. The molecule has 1 aromatic heterocycles. The normalized spacial score (nSPS) is 10.4. The van der Waals surface area contributed by atoms with E-state index in [9.17, 15) is 4.79 Å². The van der Waals surface area contributed by atoms with E-state index in [4.69, 9.17) is 0 Å². The van der Waals surface area contributed by atoms with E-state index >= 15 is 0 Å². The molecule has 2 N–H and O–H groups in total. The average molecular weight is 396 g/mol. The summed E-state index contributed by atoms with van der Waals surface area (Å²) in [5.74, 6) is 1.64. The van der Waals surface area contributed by atoms with E-state index in [1.807, 2.05) is 54.6 Å². The molecule has 2 amide bonds. The van der Waals surface area contributed by atoms with Crippen molar-refractivity contribution in [3.05, 3.63) is 84.6 Å². The van der Waals surface area contributed by atoms with Crippen LogP contribution in [0.3, 0.4) is 0 Å². The minimum atomic E-state index is -0.182. The van der Waals surface area contributed by atoms with Crippen LogP contribution in [0.4, 0.5) is 10.5 Å². The lowest BCUT2D eigenvalue weighted by molar-refractivity contribution is 0.252. The number of nitrogens with one attached hydrogen (secondary N) is 2. The van der Waals surface area contributed by atoms with Crippen LogP contribution >= 0.6 is 23.5 Å². The molecule has 0 fully saturated rings. The standard InChI is InChI=1S/C21H21N3OS2/c25-21(23-13-14-26-19-9-2-1-3-10-19)24-18-8-6-7-17(15-18)16-27-20-11-4-5-12-22-20/h1-12,15H,13-14,16H2,(H2,23,24,25). The average Bonchev–Trinajstić information content (AvgIpc) is 2.72. The Balaban J connectivity index is 1.41. The maximum atomic E-state index is 12.1. The Bertz CT molecular complexity index is 844. The predicted octanol–water partition coefficient (Wildman–Crippen LogP) is 5.29. The first-order valence-corrected chi connectivity index (χ1v) is 10.6. The lowest BCUT2D eigenvalue weighted by Crippen LogP contribution is -2.30. The van der Waals surface area contributed by atoms with E-state index < -0.39 is 0 Å². The van der Waals surface area contributed by atoms with E-state index in [-0.39, 0.29) is 6.03 Å². The number of carbonyl (C=O) groups excluding carboxylic acids is 1. The fraction of sp³-hybridized carbons (Fsp3) is 0.143. The first-order chi connectivity index (χ1) is 13.3. The maximum absolute atomic E-state index is 12.1. The largest absolute Gasteiger partial charge is 0.337 e. The van der Waals surface area contributed by atoms with Crippen LogP contribution in [-0.2, 0) is 5.75 Å². The third-order valence-corrected chi connectivity index (χ3v) is 5.64. The van der Waals surface area contributed by atoms with E-state index in [2.05, 4.69) is 33.8 Å². The van der Waals surface area contributed by atoms with E-state index in [0.29, 0.717) is 6.54 Å². The van der Waals surface area contributed by atoms with E-state index in [0.717, 1.165) is 27.8 Å². The second kappa shape index (κ2) is 10.6. The molecule has 27 heavy (non-hydrogen) atoms. The van der Waals surface area contributed by atoms with Crippen LogP contribution in [0.2, 0.25) is 0 Å². The van der Waals surface area contributed by atoms with Crippen LogP contribution in [-0.4, -0.2) is 23.3 Å². The predicted molar refractivity (Wildman–Crippen MR) is 114 cm³/mol. The van der Waals surface area contributed by atoms with Crippen molar-refractivity contribution in [3.63, 3.8) is 0 Å². The van der Waals surface area contributed by atoms with Crippen molar-refractivity contribution >= 4 is 35.2 Å². The molecule has 0 saturated carbocycles. The number of pyridine rings is 1. The first-order valence-electron chi connectivity index (χ1n) is 8.65. The third-order valence-electron chi connectivity index (χ3n) is 3.61. The summed E-state index contributed by atoms with van der Waals surface area (Å²) in [7, 11) is 0. The number of aromatic nitrogens is 1. The van der Waals surface area contributed by atoms with Crippen molar-refractivity contribution in [2.75, 3.05) is 17.6 Å². The summed E-state index contributed by atoms with van der Waals surface area (Å²) in [5, 5.41) is 6.78. The SMILES string of the molecule is O=C(NCCSc1ccccc1)Nc1cccc(CSc2ccccn2)c1. The van der Waals surface area contributed by atoms with Crippen LogP contribution in [0.1, 0.15) is 5.56 Å². The molecule has 0 atom stereocenters. The van der Waals surface area contributed by atoms with Crippen LogP contribution in [0.5, 0.6) is 0 Å². The number of thioether (sulfide) groups is 2. The van der Waals surface area contributed by atoms with Gasteiger partial charge in [-0.2, -0.15) is 0 Å². The fourth-order valence-electron chi connectivity index (χ4n) is 2.35. The molecule has 6 heteroatoms. The Morgan fingerprint density at radius 3 is 2.59 bits per heavy atom. The Morgan fingerprint density at radius 1 is 0.926 bits per heavy atom. The van der Waals surface area contributed by atoms with Crippen LogP contribution in [0.25, 0.3) is 0 Å². The van der Waals surface area contributed by atoms with Gasteiger partial charge in [0.2, 0.25) is 0 Å². The molecule has 0 bridgehead atoms. The number of carbonyl (C=O) groups is 1. The molecule has 0 aliphatic heterocycles. The van der Waals surface area contributed by atoms with Crippen LogP contribution < -0.4 is 10.6 Å². The summed E-state index contributed by atoms with van der Waals surface area (Å²) in [5.41, 5.74) is 1.94. The van der Waals surface area contributed by atoms with Gasteiger partial charge in [0, 0.05) is 34.8 Å². The van der Waals surface area contributed by atoms with Gasteiger partial charge < -0.3 is 10.6 Å². The molecule has 0 radical (unpaired) electrons. The Hall–Kier alpha value is -2.44.